The number of nitrogens with zero attached hydrogens (tertiary/aromatic N) is 1. The first-order valence-electron chi connectivity index (χ1n) is 28.7. The molecule has 0 fully saturated rings. The van der Waals surface area contributed by atoms with E-state index in [9.17, 15) is 0 Å². The van der Waals surface area contributed by atoms with Crippen molar-refractivity contribution in [2.45, 2.75) is 0 Å². The van der Waals surface area contributed by atoms with Crippen molar-refractivity contribution in [2.24, 2.45) is 0 Å². The molecule has 16 rings (SSSR count). The summed E-state index contributed by atoms with van der Waals surface area (Å²) >= 11 is 0. The summed E-state index contributed by atoms with van der Waals surface area (Å²) < 4.78 is 2.50. The van der Waals surface area contributed by atoms with Crippen molar-refractivity contribution in [1.29, 1.82) is 0 Å². The van der Waals surface area contributed by atoms with E-state index >= 15 is 0 Å². The summed E-state index contributed by atoms with van der Waals surface area (Å²) in [6.07, 6.45) is 0. The average Bonchev–Trinajstić information content (AvgIpc) is 2.75. The number of fused-ring (bicyclic) bond motifs is 9. The molecule has 0 aliphatic rings. The lowest BCUT2D eigenvalue weighted by atomic mass is 9.87. The van der Waals surface area contributed by atoms with Crippen LogP contribution in [0.15, 0.2) is 322 Å². The number of benzene rings is 15. The van der Waals surface area contributed by atoms with Gasteiger partial charge in [-0.25, -0.2) is 0 Å². The van der Waals surface area contributed by atoms with Gasteiger partial charge >= 0.3 is 0 Å². The highest BCUT2D eigenvalue weighted by molar-refractivity contribution is 6.16. The molecular formula is C82H53N. The Balaban J connectivity index is 0.931. The van der Waals surface area contributed by atoms with E-state index in [0.29, 0.717) is 0 Å². The molecule has 0 bridgehead atoms. The van der Waals surface area contributed by atoms with Crippen molar-refractivity contribution >= 4 is 64.9 Å². The molecule has 0 radical (unpaired) electrons. The van der Waals surface area contributed by atoms with Crippen molar-refractivity contribution in [3.8, 4) is 94.7 Å². The van der Waals surface area contributed by atoms with Gasteiger partial charge in [0.2, 0.25) is 0 Å². The van der Waals surface area contributed by atoms with Crippen LogP contribution in [0.5, 0.6) is 0 Å². The number of rotatable bonds is 9. The maximum atomic E-state index is 2.50. The lowest BCUT2D eigenvalue weighted by Gasteiger charge is -2.16. The summed E-state index contributed by atoms with van der Waals surface area (Å²) in [7, 11) is 0. The summed E-state index contributed by atoms with van der Waals surface area (Å²) in [5.74, 6) is 0. The third-order valence-electron chi connectivity index (χ3n) is 17.1. The van der Waals surface area contributed by atoms with E-state index < -0.39 is 0 Å². The van der Waals surface area contributed by atoms with Gasteiger partial charge < -0.3 is 4.57 Å². The monoisotopic (exact) mass is 1050 g/mol. The molecule has 0 saturated heterocycles. The molecule has 0 aliphatic carbocycles. The minimum Gasteiger partial charge on any atom is -0.309 e. The summed E-state index contributed by atoms with van der Waals surface area (Å²) in [5.41, 5.74) is 22.4. The molecule has 16 aromatic rings. The Labute approximate surface area is 482 Å². The predicted molar refractivity (Wildman–Crippen MR) is 354 cm³/mol. The summed E-state index contributed by atoms with van der Waals surface area (Å²) in [6, 6.07) is 119. The van der Waals surface area contributed by atoms with Gasteiger partial charge in [0.25, 0.3) is 0 Å². The second-order valence-electron chi connectivity index (χ2n) is 21.9. The topological polar surface area (TPSA) is 4.93 Å². The lowest BCUT2D eigenvalue weighted by molar-refractivity contribution is 1.18. The zero-order chi connectivity index (χ0) is 54.8. The fraction of sp³-hybridized carbons (Fsp3) is 0. The molecule has 0 spiro atoms. The molecule has 0 atom stereocenters. The normalized spacial score (nSPS) is 11.6. The molecule has 15 aromatic carbocycles. The molecule has 83 heavy (non-hydrogen) atoms. The molecule has 386 valence electrons. The Morgan fingerprint density at radius 2 is 0.494 bits per heavy atom. The largest absolute Gasteiger partial charge is 0.309 e. The fourth-order valence-electron chi connectivity index (χ4n) is 13.2. The van der Waals surface area contributed by atoms with Crippen molar-refractivity contribution in [3.63, 3.8) is 0 Å². The van der Waals surface area contributed by atoms with E-state index in [2.05, 4.69) is 326 Å². The minimum atomic E-state index is 1.11. The Hall–Kier alpha value is -10.9. The van der Waals surface area contributed by atoms with Gasteiger partial charge in [-0.15, -0.1) is 0 Å². The molecule has 0 amide bonds. The molecule has 1 heterocycles. The van der Waals surface area contributed by atoms with Gasteiger partial charge in [-0.3, -0.25) is 0 Å². The quantitative estimate of drug-likeness (QED) is 0.127. The standard InChI is InChI=1S/C82H53N/c1-5-21-54(22-6-1)64-45-65(55-23-7-2-8-24-55)47-66(46-64)83-81-43-39-60(69-41-37-62(50-75(69)56-25-9-3-10-26-56)77-48-58-29-13-15-31-67(58)71-33-17-19-35-73(71)77)52-79(81)80-53-61(40-44-82(80)83)70-42-38-63(51-76(70)57-27-11-4-12-28-57)78-49-59-30-14-16-32-68(59)72-34-18-20-36-74(72)78/h1-53H. The SMILES string of the molecule is c1ccc(-c2cc(-c3ccccc3)cc(-n3c4ccc(-c5ccc(-c6cc7ccccc7c7ccccc67)cc5-c5ccccc5)cc4c4cc(-c5ccc(-c6cc7ccccc7c7ccccc67)cc5-c5ccccc5)ccc43)c2)cc1. The van der Waals surface area contributed by atoms with E-state index in [1.54, 1.807) is 0 Å². The highest BCUT2D eigenvalue weighted by Crippen LogP contribution is 2.46. The van der Waals surface area contributed by atoms with Crippen LogP contribution in [0.2, 0.25) is 0 Å². The van der Waals surface area contributed by atoms with Crippen LogP contribution in [-0.2, 0) is 0 Å². The Morgan fingerprint density at radius 3 is 0.916 bits per heavy atom. The summed E-state index contributed by atoms with van der Waals surface area (Å²) in [5, 5.41) is 12.4. The second-order valence-corrected chi connectivity index (χ2v) is 21.9. The van der Waals surface area contributed by atoms with Crippen LogP contribution in [0.25, 0.3) is 160 Å². The summed E-state index contributed by atoms with van der Waals surface area (Å²) in [4.78, 5) is 0. The number of hydrogen-bond acceptors (Lipinski definition) is 0. The Kier molecular flexibility index (Phi) is 11.6. The highest BCUT2D eigenvalue weighted by atomic mass is 15.0. The molecule has 0 saturated carbocycles. The minimum absolute atomic E-state index is 1.11. The molecule has 0 unspecified atom stereocenters. The summed E-state index contributed by atoms with van der Waals surface area (Å²) in [6.45, 7) is 0. The van der Waals surface area contributed by atoms with E-state index in [-0.39, 0.29) is 0 Å². The van der Waals surface area contributed by atoms with Crippen molar-refractivity contribution in [2.75, 3.05) is 0 Å². The van der Waals surface area contributed by atoms with Gasteiger partial charge in [0.1, 0.15) is 0 Å². The molecule has 0 N–H and O–H groups in total. The molecule has 0 aliphatic heterocycles. The lowest BCUT2D eigenvalue weighted by Crippen LogP contribution is -1.96. The maximum Gasteiger partial charge on any atom is 0.0541 e. The van der Waals surface area contributed by atoms with Gasteiger partial charge in [0.15, 0.2) is 0 Å². The Morgan fingerprint density at radius 1 is 0.157 bits per heavy atom. The van der Waals surface area contributed by atoms with Gasteiger partial charge in [0.05, 0.1) is 11.0 Å². The zero-order valence-electron chi connectivity index (χ0n) is 45.5. The highest BCUT2D eigenvalue weighted by Gasteiger charge is 2.21. The van der Waals surface area contributed by atoms with Crippen LogP contribution < -0.4 is 0 Å². The predicted octanol–water partition coefficient (Wildman–Crippen LogP) is 22.7. The zero-order valence-corrected chi connectivity index (χ0v) is 45.5. The van der Waals surface area contributed by atoms with Crippen molar-refractivity contribution in [1.82, 2.24) is 4.57 Å². The molecule has 1 nitrogen and oxygen atoms in total. The average molecular weight is 1050 g/mol. The molecular weight excluding hydrogens is 999 g/mol. The van der Waals surface area contributed by atoms with Crippen LogP contribution in [0.1, 0.15) is 0 Å². The van der Waals surface area contributed by atoms with Crippen LogP contribution in [0, 0.1) is 0 Å². The Bertz CT molecular complexity index is 4850. The van der Waals surface area contributed by atoms with E-state index in [1.807, 2.05) is 0 Å². The van der Waals surface area contributed by atoms with E-state index in [4.69, 9.17) is 0 Å². The van der Waals surface area contributed by atoms with Gasteiger partial charge in [-0.05, 0) is 199 Å². The van der Waals surface area contributed by atoms with Crippen molar-refractivity contribution in [3.05, 3.63) is 322 Å². The fourth-order valence-corrected chi connectivity index (χ4v) is 13.2. The van der Waals surface area contributed by atoms with Gasteiger partial charge in [-0.2, -0.15) is 0 Å². The smallest absolute Gasteiger partial charge is 0.0541 e. The van der Waals surface area contributed by atoms with Crippen LogP contribution >= 0.6 is 0 Å². The van der Waals surface area contributed by atoms with Crippen LogP contribution in [0.4, 0.5) is 0 Å². The molecule has 1 heteroatoms. The number of hydrogen-bond donors (Lipinski definition) is 0. The maximum absolute atomic E-state index is 2.50. The first-order chi connectivity index (χ1) is 41.1. The van der Waals surface area contributed by atoms with Crippen molar-refractivity contribution < 1.29 is 0 Å². The van der Waals surface area contributed by atoms with Crippen LogP contribution in [-0.4, -0.2) is 4.57 Å². The first-order valence-corrected chi connectivity index (χ1v) is 28.7. The third-order valence-corrected chi connectivity index (χ3v) is 17.1. The molecule has 1 aromatic heterocycles. The van der Waals surface area contributed by atoms with Gasteiger partial charge in [-0.1, -0.05) is 255 Å². The first kappa shape index (κ1) is 48.1. The van der Waals surface area contributed by atoms with E-state index in [1.165, 1.54) is 132 Å². The van der Waals surface area contributed by atoms with Crippen LogP contribution in [0.3, 0.4) is 0 Å². The third kappa shape index (κ3) is 8.41. The number of aromatic nitrogens is 1. The second kappa shape index (κ2) is 20.0. The van der Waals surface area contributed by atoms with E-state index in [0.717, 1.165) is 27.8 Å². The van der Waals surface area contributed by atoms with Gasteiger partial charge in [0, 0.05) is 16.5 Å².